The molecule has 8 heteroatoms. The molecule has 2 atom stereocenters. The number of aliphatic hydroxyl groups is 1. The zero-order valence-electron chi connectivity index (χ0n) is 12.7. The zero-order valence-corrected chi connectivity index (χ0v) is 13.5. The van der Waals surface area contributed by atoms with Crippen molar-refractivity contribution in [3.8, 4) is 11.5 Å². The molecular formula is C16H15F2NO4S. The van der Waals surface area contributed by atoms with Gasteiger partial charge in [-0.1, -0.05) is 0 Å². The first-order chi connectivity index (χ1) is 11.2. The standard InChI is InChI=1S/C16H15F2NO4S/c1-24(21,22)14-3-2-13(11-7-12(18)16(20)15(11)14)23-10-5-8(17)4-9(19)6-10/h2-6,12,16,20H,7,19H2,1H3/t12-,16+/m0/s1. The van der Waals surface area contributed by atoms with Crippen molar-refractivity contribution in [2.24, 2.45) is 0 Å². The molecule has 0 aliphatic heterocycles. The van der Waals surface area contributed by atoms with Gasteiger partial charge in [-0.05, 0) is 18.2 Å². The third kappa shape index (κ3) is 2.94. The van der Waals surface area contributed by atoms with Gasteiger partial charge in [0.15, 0.2) is 9.84 Å². The highest BCUT2D eigenvalue weighted by Crippen LogP contribution is 2.43. The molecule has 0 saturated carbocycles. The highest BCUT2D eigenvalue weighted by Gasteiger charge is 2.37. The Morgan fingerprint density at radius 3 is 2.62 bits per heavy atom. The molecule has 2 aromatic carbocycles. The monoisotopic (exact) mass is 355 g/mol. The lowest BCUT2D eigenvalue weighted by Gasteiger charge is -2.14. The number of aliphatic hydroxyl groups excluding tert-OH is 1. The molecule has 0 aromatic heterocycles. The van der Waals surface area contributed by atoms with E-state index < -0.39 is 27.9 Å². The first-order valence-electron chi connectivity index (χ1n) is 7.08. The lowest BCUT2D eigenvalue weighted by molar-refractivity contribution is 0.0907. The number of alkyl halides is 1. The lowest BCUT2D eigenvalue weighted by Crippen LogP contribution is -2.10. The predicted molar refractivity (Wildman–Crippen MR) is 84.0 cm³/mol. The van der Waals surface area contributed by atoms with Crippen LogP contribution in [0.25, 0.3) is 0 Å². The highest BCUT2D eigenvalue weighted by molar-refractivity contribution is 7.90. The van der Waals surface area contributed by atoms with E-state index in [2.05, 4.69) is 0 Å². The molecule has 0 amide bonds. The quantitative estimate of drug-likeness (QED) is 0.826. The van der Waals surface area contributed by atoms with Gasteiger partial charge in [0, 0.05) is 41.6 Å². The Bertz CT molecular complexity index is 894. The minimum Gasteiger partial charge on any atom is -0.457 e. The van der Waals surface area contributed by atoms with Crippen LogP contribution in [0.4, 0.5) is 14.5 Å². The molecule has 0 saturated heterocycles. The molecule has 24 heavy (non-hydrogen) atoms. The Kier molecular flexibility index (Phi) is 3.97. The van der Waals surface area contributed by atoms with Crippen molar-refractivity contribution >= 4 is 15.5 Å². The predicted octanol–water partition coefficient (Wildman–Crippen LogP) is 2.53. The number of halogens is 2. The Hall–Kier alpha value is -2.19. The van der Waals surface area contributed by atoms with Crippen LogP contribution in [-0.2, 0) is 16.3 Å². The summed E-state index contributed by atoms with van der Waals surface area (Å²) >= 11 is 0. The van der Waals surface area contributed by atoms with Crippen LogP contribution in [0.3, 0.4) is 0 Å². The van der Waals surface area contributed by atoms with Crippen LogP contribution in [0.15, 0.2) is 35.2 Å². The van der Waals surface area contributed by atoms with Crippen LogP contribution in [0.1, 0.15) is 17.2 Å². The second-order valence-electron chi connectivity index (χ2n) is 5.71. The van der Waals surface area contributed by atoms with Gasteiger partial charge < -0.3 is 15.6 Å². The molecule has 3 rings (SSSR count). The van der Waals surface area contributed by atoms with E-state index in [1.807, 2.05) is 0 Å². The maximum atomic E-state index is 13.9. The summed E-state index contributed by atoms with van der Waals surface area (Å²) < 4.78 is 56.6. The van der Waals surface area contributed by atoms with Gasteiger partial charge in [-0.3, -0.25) is 0 Å². The molecule has 0 bridgehead atoms. The van der Waals surface area contributed by atoms with E-state index in [0.29, 0.717) is 0 Å². The van der Waals surface area contributed by atoms with Gasteiger partial charge >= 0.3 is 0 Å². The molecule has 128 valence electrons. The molecule has 2 aromatic rings. The highest BCUT2D eigenvalue weighted by atomic mass is 32.2. The molecule has 1 aliphatic carbocycles. The molecule has 0 radical (unpaired) electrons. The average Bonchev–Trinajstić information content (AvgIpc) is 2.74. The second kappa shape index (κ2) is 5.71. The molecule has 0 heterocycles. The number of ether oxygens (including phenoxy) is 1. The smallest absolute Gasteiger partial charge is 0.175 e. The fraction of sp³-hybridized carbons (Fsp3) is 0.250. The third-order valence-corrected chi connectivity index (χ3v) is 4.99. The number of rotatable bonds is 3. The van der Waals surface area contributed by atoms with Crippen molar-refractivity contribution in [2.75, 3.05) is 12.0 Å². The molecule has 1 aliphatic rings. The zero-order chi connectivity index (χ0) is 17.6. The summed E-state index contributed by atoms with van der Waals surface area (Å²) in [6.45, 7) is 0. The molecular weight excluding hydrogens is 340 g/mol. The Labute approximate surface area is 137 Å². The maximum Gasteiger partial charge on any atom is 0.175 e. The van der Waals surface area contributed by atoms with Crippen molar-refractivity contribution in [1.29, 1.82) is 0 Å². The Morgan fingerprint density at radius 1 is 1.29 bits per heavy atom. The van der Waals surface area contributed by atoms with E-state index in [4.69, 9.17) is 10.5 Å². The summed E-state index contributed by atoms with van der Waals surface area (Å²) in [4.78, 5) is -0.142. The number of hydrogen-bond donors (Lipinski definition) is 2. The summed E-state index contributed by atoms with van der Waals surface area (Å²) in [6.07, 6.45) is -2.40. The van der Waals surface area contributed by atoms with E-state index in [-0.39, 0.29) is 39.6 Å². The number of hydrogen-bond acceptors (Lipinski definition) is 5. The van der Waals surface area contributed by atoms with Crippen LogP contribution in [0.5, 0.6) is 11.5 Å². The van der Waals surface area contributed by atoms with E-state index in [1.54, 1.807) is 0 Å². The molecule has 0 unspecified atom stereocenters. The number of sulfone groups is 1. The van der Waals surface area contributed by atoms with Gasteiger partial charge in [0.25, 0.3) is 0 Å². The Morgan fingerprint density at radius 2 is 2.00 bits per heavy atom. The van der Waals surface area contributed by atoms with E-state index in [1.165, 1.54) is 18.2 Å². The number of nitrogen functional groups attached to an aromatic ring is 1. The molecule has 0 spiro atoms. The van der Waals surface area contributed by atoms with Gasteiger partial charge in [0.1, 0.15) is 29.6 Å². The topological polar surface area (TPSA) is 89.6 Å². The van der Waals surface area contributed by atoms with Crippen molar-refractivity contribution in [2.45, 2.75) is 23.6 Å². The summed E-state index contributed by atoms with van der Waals surface area (Å²) in [7, 11) is -3.65. The van der Waals surface area contributed by atoms with E-state index >= 15 is 0 Å². The second-order valence-corrected chi connectivity index (χ2v) is 7.70. The van der Waals surface area contributed by atoms with Gasteiger partial charge in [0.2, 0.25) is 0 Å². The average molecular weight is 355 g/mol. The first kappa shape index (κ1) is 16.7. The number of nitrogens with two attached hydrogens (primary N) is 1. The fourth-order valence-electron chi connectivity index (χ4n) is 2.83. The van der Waals surface area contributed by atoms with E-state index in [0.717, 1.165) is 18.4 Å². The normalized spacial score (nSPS) is 20.0. The summed E-state index contributed by atoms with van der Waals surface area (Å²) in [5.74, 6) is -0.349. The van der Waals surface area contributed by atoms with Crippen molar-refractivity contribution in [3.05, 3.63) is 47.3 Å². The van der Waals surface area contributed by atoms with Crippen LogP contribution in [0, 0.1) is 5.82 Å². The third-order valence-electron chi connectivity index (χ3n) is 3.83. The maximum absolute atomic E-state index is 13.9. The van der Waals surface area contributed by atoms with Crippen LogP contribution >= 0.6 is 0 Å². The van der Waals surface area contributed by atoms with Crippen molar-refractivity contribution < 1.29 is 27.0 Å². The van der Waals surface area contributed by atoms with Gasteiger partial charge in [-0.2, -0.15) is 0 Å². The summed E-state index contributed by atoms with van der Waals surface area (Å²) in [6, 6.07) is 6.21. The van der Waals surface area contributed by atoms with Gasteiger partial charge in [0.05, 0.1) is 4.90 Å². The molecule has 0 fully saturated rings. The lowest BCUT2D eigenvalue weighted by atomic mass is 10.1. The van der Waals surface area contributed by atoms with Crippen molar-refractivity contribution in [3.63, 3.8) is 0 Å². The van der Waals surface area contributed by atoms with Gasteiger partial charge in [-0.25, -0.2) is 17.2 Å². The van der Waals surface area contributed by atoms with Gasteiger partial charge in [-0.15, -0.1) is 0 Å². The fourth-order valence-corrected chi connectivity index (χ4v) is 3.79. The minimum absolute atomic E-state index is 0.00752. The summed E-state index contributed by atoms with van der Waals surface area (Å²) in [5.41, 5.74) is 5.95. The minimum atomic E-state index is -3.65. The van der Waals surface area contributed by atoms with Crippen LogP contribution in [-0.4, -0.2) is 26.0 Å². The largest absolute Gasteiger partial charge is 0.457 e. The van der Waals surface area contributed by atoms with E-state index in [9.17, 15) is 22.3 Å². The van der Waals surface area contributed by atoms with Crippen LogP contribution in [0.2, 0.25) is 0 Å². The molecule has 3 N–H and O–H groups in total. The first-order valence-corrected chi connectivity index (χ1v) is 8.98. The number of benzene rings is 2. The SMILES string of the molecule is CS(=O)(=O)c1ccc(Oc2cc(N)cc(F)c2)c2c1[C@H](O)[C@@H](F)C2. The summed E-state index contributed by atoms with van der Waals surface area (Å²) in [5, 5.41) is 10.00. The van der Waals surface area contributed by atoms with Crippen molar-refractivity contribution in [1.82, 2.24) is 0 Å². The number of fused-ring (bicyclic) bond motifs is 1. The number of anilines is 1. The molecule has 5 nitrogen and oxygen atoms in total. The Balaban J connectivity index is 2.11. The van der Waals surface area contributed by atoms with Crippen LogP contribution < -0.4 is 10.5 Å².